The van der Waals surface area contributed by atoms with Crippen LogP contribution in [0.1, 0.15) is 22.2 Å². The standard InChI is InChI=1S/C24H15ClN2O7/c25-17-12-15(27(31)32)10-11-18(17)26-23(29)22(14-6-2-1-3-7-14)34-24(30)21-13-19(28)16-8-4-5-9-20(16)33-21/h1-13,22H,(H,26,29). The van der Waals surface area contributed by atoms with E-state index >= 15 is 0 Å². The molecule has 170 valence electrons. The van der Waals surface area contributed by atoms with Gasteiger partial charge in [0.2, 0.25) is 11.9 Å². The smallest absolute Gasteiger partial charge is 0.375 e. The maximum atomic E-state index is 13.1. The van der Waals surface area contributed by atoms with Crippen LogP contribution in [0.3, 0.4) is 0 Å². The predicted octanol–water partition coefficient (Wildman–Crippen LogP) is 4.89. The van der Waals surface area contributed by atoms with Gasteiger partial charge in [-0.2, -0.15) is 0 Å². The molecule has 0 aliphatic heterocycles. The Hall–Kier alpha value is -4.50. The lowest BCUT2D eigenvalue weighted by molar-refractivity contribution is -0.384. The highest BCUT2D eigenvalue weighted by Crippen LogP contribution is 2.29. The third-order valence-corrected chi connectivity index (χ3v) is 5.14. The van der Waals surface area contributed by atoms with Crippen LogP contribution in [0.4, 0.5) is 11.4 Å². The molecule has 4 aromatic rings. The van der Waals surface area contributed by atoms with Crippen molar-refractivity contribution >= 4 is 45.8 Å². The maximum absolute atomic E-state index is 13.1. The van der Waals surface area contributed by atoms with Crippen molar-refractivity contribution in [2.24, 2.45) is 0 Å². The van der Waals surface area contributed by atoms with Gasteiger partial charge in [0.15, 0.2) is 5.43 Å². The summed E-state index contributed by atoms with van der Waals surface area (Å²) in [7, 11) is 0. The number of esters is 1. The van der Waals surface area contributed by atoms with Gasteiger partial charge in [-0.1, -0.05) is 54.1 Å². The lowest BCUT2D eigenvalue weighted by atomic mass is 10.1. The zero-order chi connectivity index (χ0) is 24.2. The molecule has 0 radical (unpaired) electrons. The van der Waals surface area contributed by atoms with Crippen LogP contribution < -0.4 is 10.7 Å². The van der Waals surface area contributed by atoms with Crippen LogP contribution in [-0.4, -0.2) is 16.8 Å². The van der Waals surface area contributed by atoms with Crippen LogP contribution >= 0.6 is 11.6 Å². The van der Waals surface area contributed by atoms with Crippen molar-refractivity contribution in [3.63, 3.8) is 0 Å². The Bertz CT molecular complexity index is 1470. The molecule has 3 aromatic carbocycles. The highest BCUT2D eigenvalue weighted by Gasteiger charge is 2.28. The van der Waals surface area contributed by atoms with E-state index in [2.05, 4.69) is 5.32 Å². The number of benzene rings is 3. The zero-order valence-electron chi connectivity index (χ0n) is 17.3. The van der Waals surface area contributed by atoms with E-state index in [0.717, 1.165) is 12.1 Å². The van der Waals surface area contributed by atoms with Crippen molar-refractivity contribution in [2.45, 2.75) is 6.10 Å². The number of para-hydroxylation sites is 1. The molecule has 0 fully saturated rings. The van der Waals surface area contributed by atoms with E-state index < -0.39 is 28.3 Å². The molecule has 0 saturated carbocycles. The quantitative estimate of drug-likeness (QED) is 0.237. The minimum atomic E-state index is -1.43. The summed E-state index contributed by atoms with van der Waals surface area (Å²) in [5, 5.41) is 13.6. The Labute approximate surface area is 196 Å². The van der Waals surface area contributed by atoms with Gasteiger partial charge in [-0.25, -0.2) is 4.79 Å². The van der Waals surface area contributed by atoms with Crippen LogP contribution in [-0.2, 0) is 9.53 Å². The zero-order valence-corrected chi connectivity index (χ0v) is 18.0. The number of rotatable bonds is 6. The number of nitrogens with one attached hydrogen (secondary N) is 1. The molecule has 0 aliphatic carbocycles. The Kier molecular flexibility index (Phi) is 6.37. The van der Waals surface area contributed by atoms with E-state index in [4.69, 9.17) is 20.8 Å². The van der Waals surface area contributed by atoms with E-state index in [1.165, 1.54) is 18.2 Å². The van der Waals surface area contributed by atoms with Crippen molar-refractivity contribution < 1.29 is 23.7 Å². The fraction of sp³-hybridized carbons (Fsp3) is 0.0417. The van der Waals surface area contributed by atoms with E-state index in [0.29, 0.717) is 10.9 Å². The molecule has 1 amide bonds. The summed E-state index contributed by atoms with van der Waals surface area (Å²) in [6.45, 7) is 0. The van der Waals surface area contributed by atoms with Crippen LogP contribution in [0, 0.1) is 10.1 Å². The molecular formula is C24H15ClN2O7. The van der Waals surface area contributed by atoms with Crippen molar-refractivity contribution in [1.29, 1.82) is 0 Å². The van der Waals surface area contributed by atoms with Crippen LogP contribution in [0.15, 0.2) is 88.1 Å². The van der Waals surface area contributed by atoms with Gasteiger partial charge in [-0.3, -0.25) is 19.7 Å². The second-order valence-corrected chi connectivity index (χ2v) is 7.48. The summed E-state index contributed by atoms with van der Waals surface area (Å²) in [6.07, 6.45) is -1.43. The average Bonchev–Trinajstić information content (AvgIpc) is 2.84. The van der Waals surface area contributed by atoms with Crippen molar-refractivity contribution in [2.75, 3.05) is 5.32 Å². The molecular weight excluding hydrogens is 464 g/mol. The summed E-state index contributed by atoms with van der Waals surface area (Å²) in [6, 6.07) is 19.1. The normalized spacial score (nSPS) is 11.6. The molecule has 34 heavy (non-hydrogen) atoms. The number of amides is 1. The number of nitrogens with zero attached hydrogens (tertiary/aromatic N) is 1. The third kappa shape index (κ3) is 4.79. The number of carbonyl (C=O) groups excluding carboxylic acids is 2. The summed E-state index contributed by atoms with van der Waals surface area (Å²) in [5.41, 5.74) is -0.0612. The Balaban J connectivity index is 1.63. The van der Waals surface area contributed by atoms with Gasteiger partial charge in [0.25, 0.3) is 11.6 Å². The molecule has 0 saturated heterocycles. The number of carbonyl (C=O) groups is 2. The second-order valence-electron chi connectivity index (χ2n) is 7.08. The number of nitro groups is 1. The van der Waals surface area contributed by atoms with E-state index in [1.54, 1.807) is 48.5 Å². The number of ether oxygens (including phenoxy) is 1. The van der Waals surface area contributed by atoms with Gasteiger partial charge in [-0.15, -0.1) is 0 Å². The number of fused-ring (bicyclic) bond motifs is 1. The summed E-state index contributed by atoms with van der Waals surface area (Å²) in [5.74, 6) is -2.16. The number of hydrogen-bond donors (Lipinski definition) is 1. The molecule has 0 bridgehead atoms. The lowest BCUT2D eigenvalue weighted by Crippen LogP contribution is -2.26. The van der Waals surface area contributed by atoms with Crippen LogP contribution in [0.2, 0.25) is 5.02 Å². The van der Waals surface area contributed by atoms with Crippen molar-refractivity contribution in [1.82, 2.24) is 0 Å². The van der Waals surface area contributed by atoms with Gasteiger partial charge >= 0.3 is 5.97 Å². The van der Waals surface area contributed by atoms with Gasteiger partial charge < -0.3 is 14.5 Å². The Morgan fingerprint density at radius 2 is 1.71 bits per heavy atom. The van der Waals surface area contributed by atoms with Crippen molar-refractivity contribution in [3.8, 4) is 0 Å². The van der Waals surface area contributed by atoms with Gasteiger partial charge in [0.05, 0.1) is 21.0 Å². The van der Waals surface area contributed by atoms with Crippen LogP contribution in [0.5, 0.6) is 0 Å². The topological polar surface area (TPSA) is 129 Å². The fourth-order valence-electron chi connectivity index (χ4n) is 3.19. The SMILES string of the molecule is O=C(OC(C(=O)Nc1ccc([N+](=O)[O-])cc1Cl)c1ccccc1)c1cc(=O)c2ccccc2o1. The minimum absolute atomic E-state index is 0.0683. The second kappa shape index (κ2) is 9.55. The minimum Gasteiger partial charge on any atom is -0.449 e. The first kappa shape index (κ1) is 22.7. The lowest BCUT2D eigenvalue weighted by Gasteiger charge is -2.18. The first-order valence-corrected chi connectivity index (χ1v) is 10.2. The first-order valence-electron chi connectivity index (χ1n) is 9.87. The summed E-state index contributed by atoms with van der Waals surface area (Å²) < 4.78 is 10.9. The number of anilines is 1. The average molecular weight is 479 g/mol. The van der Waals surface area contributed by atoms with Gasteiger partial charge in [0, 0.05) is 23.8 Å². The third-order valence-electron chi connectivity index (χ3n) is 4.82. The van der Waals surface area contributed by atoms with Crippen LogP contribution in [0.25, 0.3) is 11.0 Å². The Morgan fingerprint density at radius 3 is 2.41 bits per heavy atom. The number of nitro benzene ring substituents is 1. The highest BCUT2D eigenvalue weighted by molar-refractivity contribution is 6.34. The van der Waals surface area contributed by atoms with E-state index in [9.17, 15) is 24.5 Å². The maximum Gasteiger partial charge on any atom is 0.375 e. The fourth-order valence-corrected chi connectivity index (χ4v) is 3.41. The number of hydrogen-bond acceptors (Lipinski definition) is 7. The Morgan fingerprint density at radius 1 is 1.00 bits per heavy atom. The molecule has 4 rings (SSSR count). The molecule has 1 unspecified atom stereocenters. The monoisotopic (exact) mass is 478 g/mol. The van der Waals surface area contributed by atoms with Gasteiger partial charge in [-0.05, 0) is 18.2 Å². The molecule has 1 aromatic heterocycles. The van der Waals surface area contributed by atoms with E-state index in [1.807, 2.05) is 0 Å². The highest BCUT2D eigenvalue weighted by atomic mass is 35.5. The molecule has 1 heterocycles. The van der Waals surface area contributed by atoms with Crippen molar-refractivity contribution in [3.05, 3.63) is 116 Å². The largest absolute Gasteiger partial charge is 0.449 e. The molecule has 1 atom stereocenters. The molecule has 0 aliphatic rings. The molecule has 9 nitrogen and oxygen atoms in total. The van der Waals surface area contributed by atoms with Gasteiger partial charge in [0.1, 0.15) is 5.58 Å². The molecule has 1 N–H and O–H groups in total. The molecule has 0 spiro atoms. The number of non-ortho nitro benzene ring substituents is 1. The number of halogens is 1. The summed E-state index contributed by atoms with van der Waals surface area (Å²) in [4.78, 5) is 48.5. The first-order chi connectivity index (χ1) is 16.3. The predicted molar refractivity (Wildman–Crippen MR) is 124 cm³/mol. The van der Waals surface area contributed by atoms with E-state index in [-0.39, 0.29) is 27.7 Å². The molecule has 10 heteroatoms. The summed E-state index contributed by atoms with van der Waals surface area (Å²) >= 11 is 6.07.